The molecular formula is C17H20ClNO3. The Bertz CT molecular complexity index is 596. The third-order valence-corrected chi connectivity index (χ3v) is 3.33. The highest BCUT2D eigenvalue weighted by Gasteiger charge is 2.04. The average molecular weight is 322 g/mol. The summed E-state index contributed by atoms with van der Waals surface area (Å²) in [5.41, 5.74) is 9.70. The Balaban J connectivity index is 0.00000242. The van der Waals surface area contributed by atoms with E-state index in [0.29, 0.717) is 6.42 Å². The van der Waals surface area contributed by atoms with Crippen molar-refractivity contribution in [2.24, 2.45) is 5.73 Å². The van der Waals surface area contributed by atoms with Crippen molar-refractivity contribution in [3.63, 3.8) is 0 Å². The van der Waals surface area contributed by atoms with Crippen molar-refractivity contribution in [1.29, 1.82) is 0 Å². The zero-order valence-corrected chi connectivity index (χ0v) is 12.9. The van der Waals surface area contributed by atoms with E-state index in [-0.39, 0.29) is 31.5 Å². The van der Waals surface area contributed by atoms with Gasteiger partial charge in [-0.15, -0.1) is 12.4 Å². The summed E-state index contributed by atoms with van der Waals surface area (Å²) in [6, 6.07) is 15.3. The van der Waals surface area contributed by atoms with Crippen molar-refractivity contribution in [1.82, 2.24) is 0 Å². The largest absolute Gasteiger partial charge is 0.481 e. The highest BCUT2D eigenvalue weighted by Crippen LogP contribution is 2.21. The summed E-state index contributed by atoms with van der Waals surface area (Å²) in [7, 11) is 0. The minimum absolute atomic E-state index is 0. The second kappa shape index (κ2) is 8.54. The van der Waals surface area contributed by atoms with Crippen LogP contribution in [0.15, 0.2) is 48.5 Å². The molecule has 2 aromatic rings. The first kappa shape index (κ1) is 18.2. The molecule has 2 rings (SSSR count). The number of benzene rings is 2. The molecule has 1 unspecified atom stereocenters. The van der Waals surface area contributed by atoms with Crippen LogP contribution in [0.2, 0.25) is 0 Å². The molecule has 4 nitrogen and oxygen atoms in total. The molecule has 0 saturated heterocycles. The SMILES string of the molecule is Cl.NC(CO)Cc1ccc(-c2ccc(CC(=O)O)cc2)cc1. The summed E-state index contributed by atoms with van der Waals surface area (Å²) in [5.74, 6) is -0.827. The van der Waals surface area contributed by atoms with Gasteiger partial charge in [0.05, 0.1) is 13.0 Å². The molecule has 0 aliphatic heterocycles. The van der Waals surface area contributed by atoms with E-state index in [9.17, 15) is 4.79 Å². The first-order valence-corrected chi connectivity index (χ1v) is 6.85. The molecule has 1 atom stereocenters. The number of aliphatic hydroxyl groups is 1. The number of halogens is 1. The fourth-order valence-corrected chi connectivity index (χ4v) is 2.19. The van der Waals surface area contributed by atoms with Crippen molar-refractivity contribution in [2.45, 2.75) is 18.9 Å². The van der Waals surface area contributed by atoms with E-state index < -0.39 is 5.97 Å². The average Bonchev–Trinajstić information content (AvgIpc) is 2.48. The minimum atomic E-state index is -0.827. The number of aliphatic carboxylic acids is 1. The van der Waals surface area contributed by atoms with Crippen LogP contribution in [0.25, 0.3) is 11.1 Å². The predicted octanol–water partition coefficient (Wildman–Crippen LogP) is 2.26. The van der Waals surface area contributed by atoms with Gasteiger partial charge in [0, 0.05) is 6.04 Å². The molecule has 22 heavy (non-hydrogen) atoms. The Hall–Kier alpha value is -1.88. The van der Waals surface area contributed by atoms with E-state index in [0.717, 1.165) is 22.3 Å². The molecule has 0 fully saturated rings. The van der Waals surface area contributed by atoms with Gasteiger partial charge >= 0.3 is 5.97 Å². The van der Waals surface area contributed by atoms with Gasteiger partial charge in [0.15, 0.2) is 0 Å². The van der Waals surface area contributed by atoms with Gasteiger partial charge in [0.25, 0.3) is 0 Å². The lowest BCUT2D eigenvalue weighted by atomic mass is 10.00. The van der Waals surface area contributed by atoms with Crippen LogP contribution in [-0.2, 0) is 17.6 Å². The van der Waals surface area contributed by atoms with Crippen molar-refractivity contribution >= 4 is 18.4 Å². The van der Waals surface area contributed by atoms with Gasteiger partial charge in [-0.1, -0.05) is 48.5 Å². The van der Waals surface area contributed by atoms with Crippen LogP contribution in [0.4, 0.5) is 0 Å². The van der Waals surface area contributed by atoms with E-state index in [1.165, 1.54) is 0 Å². The molecule has 4 N–H and O–H groups in total. The third kappa shape index (κ3) is 5.15. The number of hydrogen-bond donors (Lipinski definition) is 3. The van der Waals surface area contributed by atoms with Gasteiger partial charge in [-0.05, 0) is 28.7 Å². The topological polar surface area (TPSA) is 83.5 Å². The normalized spacial score (nSPS) is 11.5. The highest BCUT2D eigenvalue weighted by molar-refractivity contribution is 5.85. The second-order valence-corrected chi connectivity index (χ2v) is 5.11. The first-order valence-electron chi connectivity index (χ1n) is 6.85. The standard InChI is InChI=1S/C17H19NO3.ClH/c18-16(11-19)9-12-1-5-14(6-2-12)15-7-3-13(4-8-15)10-17(20)21;/h1-8,16,19H,9-11,18H2,(H,20,21);1H. The molecular weight excluding hydrogens is 302 g/mol. The Morgan fingerprint density at radius 1 is 0.955 bits per heavy atom. The lowest BCUT2D eigenvalue weighted by molar-refractivity contribution is -0.136. The van der Waals surface area contributed by atoms with E-state index in [2.05, 4.69) is 0 Å². The Morgan fingerprint density at radius 2 is 1.41 bits per heavy atom. The summed E-state index contributed by atoms with van der Waals surface area (Å²) in [5, 5.41) is 17.7. The van der Waals surface area contributed by atoms with E-state index >= 15 is 0 Å². The van der Waals surface area contributed by atoms with Crippen molar-refractivity contribution < 1.29 is 15.0 Å². The van der Waals surface area contributed by atoms with Crippen LogP contribution in [0.3, 0.4) is 0 Å². The molecule has 0 saturated carbocycles. The van der Waals surface area contributed by atoms with Gasteiger partial charge in [0.1, 0.15) is 0 Å². The Morgan fingerprint density at radius 3 is 1.82 bits per heavy atom. The summed E-state index contributed by atoms with van der Waals surface area (Å²) in [4.78, 5) is 10.6. The van der Waals surface area contributed by atoms with Crippen molar-refractivity contribution in [3.8, 4) is 11.1 Å². The maximum Gasteiger partial charge on any atom is 0.307 e. The minimum Gasteiger partial charge on any atom is -0.481 e. The summed E-state index contributed by atoms with van der Waals surface area (Å²) in [6.45, 7) is -0.0210. The van der Waals surface area contributed by atoms with Crippen molar-refractivity contribution in [2.75, 3.05) is 6.61 Å². The smallest absolute Gasteiger partial charge is 0.307 e. The molecule has 0 aliphatic carbocycles. The molecule has 0 heterocycles. The number of rotatable bonds is 6. The predicted molar refractivity (Wildman–Crippen MR) is 89.2 cm³/mol. The van der Waals surface area contributed by atoms with E-state index in [1.54, 1.807) is 0 Å². The number of carboxylic acid groups (broad SMARTS) is 1. The summed E-state index contributed by atoms with van der Waals surface area (Å²) < 4.78 is 0. The van der Waals surface area contributed by atoms with Crippen LogP contribution in [0, 0.1) is 0 Å². The molecule has 0 radical (unpaired) electrons. The van der Waals surface area contributed by atoms with Crippen LogP contribution < -0.4 is 5.73 Å². The Kier molecular flexibility index (Phi) is 7.05. The molecule has 0 aliphatic rings. The fraction of sp³-hybridized carbons (Fsp3) is 0.235. The number of carbonyl (C=O) groups is 1. The monoisotopic (exact) mass is 321 g/mol. The number of carboxylic acids is 1. The molecule has 0 amide bonds. The van der Waals surface area contributed by atoms with Gasteiger partial charge < -0.3 is 15.9 Å². The van der Waals surface area contributed by atoms with E-state index in [4.69, 9.17) is 15.9 Å². The molecule has 2 aromatic carbocycles. The van der Waals surface area contributed by atoms with Crippen LogP contribution >= 0.6 is 12.4 Å². The lowest BCUT2D eigenvalue weighted by Gasteiger charge is -2.09. The first-order chi connectivity index (χ1) is 10.1. The molecule has 0 aromatic heterocycles. The maximum atomic E-state index is 10.6. The zero-order valence-electron chi connectivity index (χ0n) is 12.1. The highest BCUT2D eigenvalue weighted by atomic mass is 35.5. The van der Waals surface area contributed by atoms with Crippen LogP contribution in [-0.4, -0.2) is 28.8 Å². The zero-order chi connectivity index (χ0) is 15.2. The third-order valence-electron chi connectivity index (χ3n) is 3.33. The number of hydrogen-bond acceptors (Lipinski definition) is 3. The Labute approximate surface area is 136 Å². The quantitative estimate of drug-likeness (QED) is 0.762. The van der Waals surface area contributed by atoms with Gasteiger partial charge in [0.2, 0.25) is 0 Å². The summed E-state index contributed by atoms with van der Waals surface area (Å²) >= 11 is 0. The van der Waals surface area contributed by atoms with Gasteiger partial charge in [-0.3, -0.25) is 4.79 Å². The maximum absolute atomic E-state index is 10.6. The molecule has 118 valence electrons. The second-order valence-electron chi connectivity index (χ2n) is 5.11. The van der Waals surface area contributed by atoms with Crippen LogP contribution in [0.1, 0.15) is 11.1 Å². The van der Waals surface area contributed by atoms with Gasteiger partial charge in [-0.25, -0.2) is 0 Å². The molecule has 0 bridgehead atoms. The van der Waals surface area contributed by atoms with Gasteiger partial charge in [-0.2, -0.15) is 0 Å². The molecule has 0 spiro atoms. The van der Waals surface area contributed by atoms with Crippen LogP contribution in [0.5, 0.6) is 0 Å². The number of nitrogens with two attached hydrogens (primary N) is 1. The van der Waals surface area contributed by atoms with Crippen molar-refractivity contribution in [3.05, 3.63) is 59.7 Å². The number of aliphatic hydroxyl groups excluding tert-OH is 1. The fourth-order valence-electron chi connectivity index (χ4n) is 2.19. The lowest BCUT2D eigenvalue weighted by Crippen LogP contribution is -2.26. The van der Waals surface area contributed by atoms with E-state index in [1.807, 2.05) is 48.5 Å². The molecule has 5 heteroatoms. The summed E-state index contributed by atoms with van der Waals surface area (Å²) in [6.07, 6.45) is 0.687.